The number of likely N-dealkylation sites (N-methyl/N-ethyl adjacent to an activating group) is 1. The highest BCUT2D eigenvalue weighted by molar-refractivity contribution is 5.44. The maximum Gasteiger partial charge on any atom is 0.123 e. The van der Waals surface area contributed by atoms with Gasteiger partial charge >= 0.3 is 0 Å². The van der Waals surface area contributed by atoms with Crippen LogP contribution in [0.15, 0.2) is 42.5 Å². The van der Waals surface area contributed by atoms with Gasteiger partial charge in [0.25, 0.3) is 0 Å². The molecule has 0 aliphatic heterocycles. The van der Waals surface area contributed by atoms with Gasteiger partial charge in [0.05, 0.1) is 0 Å². The Bertz CT molecular complexity index is 621. The topological polar surface area (TPSA) is 12.0 Å². The van der Waals surface area contributed by atoms with E-state index in [0.29, 0.717) is 5.92 Å². The van der Waals surface area contributed by atoms with Gasteiger partial charge in [0.15, 0.2) is 0 Å². The van der Waals surface area contributed by atoms with Crippen LogP contribution in [0.2, 0.25) is 0 Å². The van der Waals surface area contributed by atoms with Crippen molar-refractivity contribution in [1.29, 1.82) is 0 Å². The van der Waals surface area contributed by atoms with Crippen molar-refractivity contribution in [1.82, 2.24) is 5.32 Å². The van der Waals surface area contributed by atoms with Gasteiger partial charge in [0.2, 0.25) is 0 Å². The summed E-state index contributed by atoms with van der Waals surface area (Å²) < 4.78 is 13.6. The Kier molecular flexibility index (Phi) is 3.58. The van der Waals surface area contributed by atoms with Crippen LogP contribution in [-0.2, 0) is 6.42 Å². The first-order chi connectivity index (χ1) is 9.70. The summed E-state index contributed by atoms with van der Waals surface area (Å²) in [6.07, 6.45) is 1.07. The van der Waals surface area contributed by atoms with Crippen LogP contribution in [0.1, 0.15) is 41.1 Å². The van der Waals surface area contributed by atoms with Crippen molar-refractivity contribution in [3.05, 3.63) is 70.5 Å². The fourth-order valence-corrected chi connectivity index (χ4v) is 3.23. The molecule has 0 saturated carbocycles. The van der Waals surface area contributed by atoms with Crippen LogP contribution < -0.4 is 5.32 Å². The maximum absolute atomic E-state index is 13.6. The second-order valence-electron chi connectivity index (χ2n) is 5.55. The molecule has 1 aliphatic carbocycles. The SMILES string of the molecule is CCNC(c1cc(F)ccc1C)C1Cc2ccccc21. The fourth-order valence-electron chi connectivity index (χ4n) is 3.23. The fraction of sp³-hybridized carbons (Fsp3) is 0.333. The minimum absolute atomic E-state index is 0.152. The summed E-state index contributed by atoms with van der Waals surface area (Å²) in [5, 5.41) is 3.54. The van der Waals surface area contributed by atoms with Crippen LogP contribution >= 0.6 is 0 Å². The molecule has 1 aliphatic rings. The van der Waals surface area contributed by atoms with Crippen molar-refractivity contribution in [2.24, 2.45) is 0 Å². The first-order valence-corrected chi connectivity index (χ1v) is 7.28. The van der Waals surface area contributed by atoms with Gasteiger partial charge in [-0.2, -0.15) is 0 Å². The molecule has 0 radical (unpaired) electrons. The van der Waals surface area contributed by atoms with Crippen LogP contribution in [0.5, 0.6) is 0 Å². The number of aryl methyl sites for hydroxylation is 1. The van der Waals surface area contributed by atoms with Crippen molar-refractivity contribution >= 4 is 0 Å². The molecule has 3 rings (SSSR count). The van der Waals surface area contributed by atoms with Gasteiger partial charge in [-0.1, -0.05) is 37.3 Å². The van der Waals surface area contributed by atoms with E-state index in [2.05, 4.69) is 43.4 Å². The lowest BCUT2D eigenvalue weighted by atomic mass is 9.71. The van der Waals surface area contributed by atoms with Gasteiger partial charge in [-0.25, -0.2) is 4.39 Å². The summed E-state index contributed by atoms with van der Waals surface area (Å²) in [4.78, 5) is 0. The molecule has 2 atom stereocenters. The molecule has 0 amide bonds. The van der Waals surface area contributed by atoms with E-state index in [9.17, 15) is 4.39 Å². The van der Waals surface area contributed by atoms with Gasteiger partial charge < -0.3 is 5.32 Å². The van der Waals surface area contributed by atoms with Crippen molar-refractivity contribution in [3.8, 4) is 0 Å². The zero-order chi connectivity index (χ0) is 14.1. The van der Waals surface area contributed by atoms with E-state index in [1.165, 1.54) is 17.2 Å². The largest absolute Gasteiger partial charge is 0.310 e. The highest BCUT2D eigenvalue weighted by Crippen LogP contribution is 2.44. The molecular weight excluding hydrogens is 249 g/mol. The number of hydrogen-bond donors (Lipinski definition) is 1. The second-order valence-corrected chi connectivity index (χ2v) is 5.55. The molecule has 2 heteroatoms. The van der Waals surface area contributed by atoms with Gasteiger partial charge in [-0.15, -0.1) is 0 Å². The van der Waals surface area contributed by atoms with Crippen LogP contribution in [-0.4, -0.2) is 6.54 Å². The zero-order valence-electron chi connectivity index (χ0n) is 12.0. The molecule has 1 nitrogen and oxygen atoms in total. The highest BCUT2D eigenvalue weighted by Gasteiger charge is 2.33. The minimum Gasteiger partial charge on any atom is -0.310 e. The van der Waals surface area contributed by atoms with Crippen molar-refractivity contribution in [2.45, 2.75) is 32.2 Å². The molecule has 0 aromatic heterocycles. The van der Waals surface area contributed by atoms with E-state index in [1.807, 2.05) is 6.07 Å². The third kappa shape index (κ3) is 2.25. The Labute approximate surface area is 119 Å². The lowest BCUT2D eigenvalue weighted by Gasteiger charge is -2.38. The molecule has 2 unspecified atom stereocenters. The van der Waals surface area contributed by atoms with Crippen molar-refractivity contribution in [3.63, 3.8) is 0 Å². The monoisotopic (exact) mass is 269 g/mol. The summed E-state index contributed by atoms with van der Waals surface area (Å²) >= 11 is 0. The molecule has 1 N–H and O–H groups in total. The average Bonchev–Trinajstić information content (AvgIpc) is 2.42. The molecule has 0 spiro atoms. The van der Waals surface area contributed by atoms with E-state index >= 15 is 0 Å². The molecule has 20 heavy (non-hydrogen) atoms. The number of benzene rings is 2. The lowest BCUT2D eigenvalue weighted by molar-refractivity contribution is 0.416. The standard InChI is InChI=1S/C18H20FN/c1-3-20-18(16-11-14(19)9-8-12(16)2)17-10-13-6-4-5-7-15(13)17/h4-9,11,17-18,20H,3,10H2,1-2H3. The molecule has 104 valence electrons. The van der Waals surface area contributed by atoms with Crippen LogP contribution in [0.3, 0.4) is 0 Å². The van der Waals surface area contributed by atoms with Gasteiger partial charge in [0.1, 0.15) is 5.82 Å². The maximum atomic E-state index is 13.6. The summed E-state index contributed by atoms with van der Waals surface area (Å²) in [5.74, 6) is 0.299. The molecular formula is C18H20FN. The van der Waals surface area contributed by atoms with E-state index < -0.39 is 0 Å². The van der Waals surface area contributed by atoms with Gasteiger partial charge in [0, 0.05) is 12.0 Å². The first kappa shape index (κ1) is 13.3. The molecule has 0 heterocycles. The number of hydrogen-bond acceptors (Lipinski definition) is 1. The third-order valence-electron chi connectivity index (χ3n) is 4.30. The molecule has 2 aromatic rings. The van der Waals surface area contributed by atoms with E-state index in [4.69, 9.17) is 0 Å². The Balaban J connectivity index is 1.97. The van der Waals surface area contributed by atoms with Crippen molar-refractivity contribution < 1.29 is 4.39 Å². The van der Waals surface area contributed by atoms with Crippen LogP contribution in [0.4, 0.5) is 4.39 Å². The van der Waals surface area contributed by atoms with E-state index in [1.54, 1.807) is 6.07 Å². The summed E-state index contributed by atoms with van der Waals surface area (Å²) in [6.45, 7) is 5.05. The van der Waals surface area contributed by atoms with E-state index in [0.717, 1.165) is 24.1 Å². The molecule has 2 aromatic carbocycles. The predicted molar refractivity (Wildman–Crippen MR) is 80.4 cm³/mol. The summed E-state index contributed by atoms with van der Waals surface area (Å²) in [6, 6.07) is 13.9. The highest BCUT2D eigenvalue weighted by atomic mass is 19.1. The number of halogens is 1. The summed E-state index contributed by atoms with van der Waals surface area (Å²) in [5.41, 5.74) is 5.07. The van der Waals surface area contributed by atoms with Gasteiger partial charge in [-0.05, 0) is 54.3 Å². The Morgan fingerprint density at radius 3 is 2.80 bits per heavy atom. The smallest absolute Gasteiger partial charge is 0.123 e. The minimum atomic E-state index is -0.152. The second kappa shape index (κ2) is 5.37. The van der Waals surface area contributed by atoms with Crippen molar-refractivity contribution in [2.75, 3.05) is 6.54 Å². The van der Waals surface area contributed by atoms with Crippen LogP contribution in [0.25, 0.3) is 0 Å². The predicted octanol–water partition coefficient (Wildman–Crippen LogP) is 4.12. The summed E-state index contributed by atoms with van der Waals surface area (Å²) in [7, 11) is 0. The Hall–Kier alpha value is -1.67. The first-order valence-electron chi connectivity index (χ1n) is 7.28. The number of fused-ring (bicyclic) bond motifs is 1. The normalized spacial score (nSPS) is 18.2. The number of rotatable bonds is 4. The van der Waals surface area contributed by atoms with E-state index in [-0.39, 0.29) is 11.9 Å². The van der Waals surface area contributed by atoms with Crippen LogP contribution in [0, 0.1) is 12.7 Å². The quantitative estimate of drug-likeness (QED) is 0.880. The Morgan fingerprint density at radius 1 is 1.25 bits per heavy atom. The average molecular weight is 269 g/mol. The lowest BCUT2D eigenvalue weighted by Crippen LogP contribution is -2.33. The molecule has 0 bridgehead atoms. The zero-order valence-corrected chi connectivity index (χ0v) is 12.0. The number of nitrogens with one attached hydrogen (secondary N) is 1. The van der Waals surface area contributed by atoms with Gasteiger partial charge in [-0.3, -0.25) is 0 Å². The Morgan fingerprint density at radius 2 is 2.05 bits per heavy atom. The molecule has 0 fully saturated rings. The molecule has 0 saturated heterocycles. The third-order valence-corrected chi connectivity index (χ3v) is 4.30.